The number of hydrogen-bond donors (Lipinski definition) is 4. The van der Waals surface area contributed by atoms with E-state index in [-0.39, 0.29) is 17.4 Å². The summed E-state index contributed by atoms with van der Waals surface area (Å²) in [7, 11) is 0. The molecule has 0 atom stereocenters. The molecule has 0 radical (unpaired) electrons. The van der Waals surface area contributed by atoms with Crippen LogP contribution in [0.1, 0.15) is 34.6 Å². The zero-order valence-corrected chi connectivity index (χ0v) is 9.49. The van der Waals surface area contributed by atoms with E-state index in [4.69, 9.17) is 11.1 Å². The van der Waals surface area contributed by atoms with Gasteiger partial charge in [0.25, 0.3) is 0 Å². The van der Waals surface area contributed by atoms with Gasteiger partial charge < -0.3 is 16.4 Å². The summed E-state index contributed by atoms with van der Waals surface area (Å²) in [5.74, 6) is -0.0680. The lowest BCUT2D eigenvalue weighted by atomic mass is 10.0. The van der Waals surface area contributed by atoms with Crippen molar-refractivity contribution in [1.82, 2.24) is 10.6 Å². The Morgan fingerprint density at radius 1 is 1.14 bits per heavy atom. The van der Waals surface area contributed by atoms with Gasteiger partial charge in [0.05, 0.1) is 5.54 Å². The van der Waals surface area contributed by atoms with Crippen LogP contribution in [0.15, 0.2) is 0 Å². The lowest BCUT2D eigenvalue weighted by Gasteiger charge is -2.28. The van der Waals surface area contributed by atoms with Crippen LogP contribution in [0.5, 0.6) is 0 Å². The second-order valence-corrected chi connectivity index (χ2v) is 4.87. The van der Waals surface area contributed by atoms with Gasteiger partial charge >= 0.3 is 6.03 Å². The second kappa shape index (κ2) is 3.86. The van der Waals surface area contributed by atoms with Gasteiger partial charge in [0.15, 0.2) is 0 Å². The number of amides is 2. The standard InChI is InChI=1S/C9H20N4O/c1-8(2,3)12-7(14)13-9(4,5)6(10)11/h1-5H3,(H3,10,11)(H2,12,13,14). The number of nitrogens with one attached hydrogen (secondary N) is 3. The Bertz CT molecular complexity index is 240. The Balaban J connectivity index is 4.27. The van der Waals surface area contributed by atoms with E-state index in [1.807, 2.05) is 20.8 Å². The fourth-order valence-corrected chi connectivity index (χ4v) is 0.723. The van der Waals surface area contributed by atoms with Gasteiger partial charge in [-0.05, 0) is 34.6 Å². The van der Waals surface area contributed by atoms with Crippen molar-refractivity contribution in [2.45, 2.75) is 45.7 Å². The van der Waals surface area contributed by atoms with E-state index < -0.39 is 5.54 Å². The molecule has 0 saturated carbocycles. The third-order valence-electron chi connectivity index (χ3n) is 1.59. The first-order chi connectivity index (χ1) is 6.04. The molecule has 0 aliphatic rings. The van der Waals surface area contributed by atoms with Gasteiger partial charge in [0.2, 0.25) is 0 Å². The van der Waals surface area contributed by atoms with E-state index in [0.717, 1.165) is 0 Å². The van der Waals surface area contributed by atoms with E-state index in [1.165, 1.54) is 0 Å². The lowest BCUT2D eigenvalue weighted by Crippen LogP contribution is -2.58. The minimum absolute atomic E-state index is 0.0680. The molecule has 2 amide bonds. The topological polar surface area (TPSA) is 91.0 Å². The van der Waals surface area contributed by atoms with E-state index >= 15 is 0 Å². The molecule has 0 heterocycles. The predicted molar refractivity (Wildman–Crippen MR) is 57.4 cm³/mol. The Morgan fingerprint density at radius 3 is 1.86 bits per heavy atom. The maximum atomic E-state index is 11.4. The number of carbonyl (C=O) groups is 1. The summed E-state index contributed by atoms with van der Waals surface area (Å²) in [5.41, 5.74) is 4.22. The third kappa shape index (κ3) is 4.69. The van der Waals surface area contributed by atoms with Crippen molar-refractivity contribution in [3.05, 3.63) is 0 Å². The number of nitrogens with two attached hydrogens (primary N) is 1. The van der Waals surface area contributed by atoms with Crippen molar-refractivity contribution in [1.29, 1.82) is 5.41 Å². The maximum Gasteiger partial charge on any atom is 0.315 e. The highest BCUT2D eigenvalue weighted by atomic mass is 16.2. The summed E-state index contributed by atoms with van der Waals surface area (Å²) in [5, 5.41) is 12.6. The molecule has 0 aliphatic heterocycles. The minimum Gasteiger partial charge on any atom is -0.386 e. The van der Waals surface area contributed by atoms with Gasteiger partial charge in [-0.25, -0.2) is 4.79 Å². The number of hydrogen-bond acceptors (Lipinski definition) is 2. The Morgan fingerprint density at radius 2 is 1.57 bits per heavy atom. The maximum absolute atomic E-state index is 11.4. The number of carbonyl (C=O) groups excluding carboxylic acids is 1. The molecular weight excluding hydrogens is 180 g/mol. The van der Waals surface area contributed by atoms with Crippen molar-refractivity contribution in [3.8, 4) is 0 Å². The van der Waals surface area contributed by atoms with E-state index in [1.54, 1.807) is 13.8 Å². The van der Waals surface area contributed by atoms with Crippen LogP contribution in [0.25, 0.3) is 0 Å². The molecule has 82 valence electrons. The highest BCUT2D eigenvalue weighted by Crippen LogP contribution is 2.02. The van der Waals surface area contributed by atoms with Crippen LogP contribution in [-0.4, -0.2) is 22.9 Å². The molecule has 0 bridgehead atoms. The van der Waals surface area contributed by atoms with Gasteiger partial charge in [-0.1, -0.05) is 0 Å². The quantitative estimate of drug-likeness (QED) is 0.392. The molecule has 5 nitrogen and oxygen atoms in total. The second-order valence-electron chi connectivity index (χ2n) is 4.87. The van der Waals surface area contributed by atoms with Crippen molar-refractivity contribution < 1.29 is 4.79 Å². The highest BCUT2D eigenvalue weighted by molar-refractivity contribution is 5.91. The molecule has 0 aromatic rings. The molecule has 0 aliphatic carbocycles. The Kier molecular flexibility index (Phi) is 3.51. The summed E-state index contributed by atoms with van der Waals surface area (Å²) < 4.78 is 0. The zero-order valence-electron chi connectivity index (χ0n) is 9.49. The Hall–Kier alpha value is -1.26. The first-order valence-electron chi connectivity index (χ1n) is 4.49. The van der Waals surface area contributed by atoms with Crippen LogP contribution >= 0.6 is 0 Å². The third-order valence-corrected chi connectivity index (χ3v) is 1.59. The first kappa shape index (κ1) is 12.7. The van der Waals surface area contributed by atoms with Gasteiger partial charge in [-0.2, -0.15) is 0 Å². The smallest absolute Gasteiger partial charge is 0.315 e. The number of rotatable bonds is 2. The molecule has 5 heteroatoms. The molecular formula is C9H20N4O. The first-order valence-corrected chi connectivity index (χ1v) is 4.49. The van der Waals surface area contributed by atoms with E-state index in [9.17, 15) is 4.79 Å². The van der Waals surface area contributed by atoms with Crippen LogP contribution in [0.4, 0.5) is 4.79 Å². The molecule has 14 heavy (non-hydrogen) atoms. The van der Waals surface area contributed by atoms with Crippen molar-refractivity contribution >= 4 is 11.9 Å². The van der Waals surface area contributed by atoms with Crippen LogP contribution in [0.2, 0.25) is 0 Å². The zero-order chi connectivity index (χ0) is 11.6. The average Bonchev–Trinajstić information content (AvgIpc) is 1.79. The number of amidine groups is 1. The monoisotopic (exact) mass is 200 g/mol. The molecule has 0 unspecified atom stereocenters. The molecule has 0 rings (SSSR count). The van der Waals surface area contributed by atoms with Crippen LogP contribution in [0, 0.1) is 5.41 Å². The Labute approximate surface area is 84.9 Å². The summed E-state index contributed by atoms with van der Waals surface area (Å²) in [6.45, 7) is 9.00. The molecule has 0 aromatic heterocycles. The SMILES string of the molecule is CC(C)(C)NC(=O)NC(C)(C)C(=N)N. The van der Waals surface area contributed by atoms with Crippen LogP contribution in [-0.2, 0) is 0 Å². The lowest BCUT2D eigenvalue weighted by molar-refractivity contribution is 0.226. The highest BCUT2D eigenvalue weighted by Gasteiger charge is 2.25. The summed E-state index contributed by atoms with van der Waals surface area (Å²) in [4.78, 5) is 11.4. The van der Waals surface area contributed by atoms with Gasteiger partial charge in [-0.15, -0.1) is 0 Å². The minimum atomic E-state index is -0.810. The number of urea groups is 1. The summed E-state index contributed by atoms with van der Waals surface area (Å²) >= 11 is 0. The van der Waals surface area contributed by atoms with Crippen molar-refractivity contribution in [2.75, 3.05) is 0 Å². The molecule has 0 saturated heterocycles. The predicted octanol–water partition coefficient (Wildman–Crippen LogP) is 0.799. The van der Waals surface area contributed by atoms with Crippen molar-refractivity contribution in [3.63, 3.8) is 0 Å². The average molecular weight is 200 g/mol. The van der Waals surface area contributed by atoms with Gasteiger partial charge in [-0.3, -0.25) is 5.41 Å². The molecule has 5 N–H and O–H groups in total. The van der Waals surface area contributed by atoms with Crippen LogP contribution in [0.3, 0.4) is 0 Å². The largest absolute Gasteiger partial charge is 0.386 e. The molecule has 0 spiro atoms. The summed E-state index contributed by atoms with van der Waals surface area (Å²) in [6.07, 6.45) is 0. The fraction of sp³-hybridized carbons (Fsp3) is 0.778. The van der Waals surface area contributed by atoms with E-state index in [2.05, 4.69) is 10.6 Å². The molecule has 0 aromatic carbocycles. The fourth-order valence-electron chi connectivity index (χ4n) is 0.723. The summed E-state index contributed by atoms with van der Waals surface area (Å²) in [6, 6.07) is -0.322. The van der Waals surface area contributed by atoms with E-state index in [0.29, 0.717) is 0 Å². The van der Waals surface area contributed by atoms with Gasteiger partial charge in [0, 0.05) is 5.54 Å². The van der Waals surface area contributed by atoms with Gasteiger partial charge in [0.1, 0.15) is 5.84 Å². The molecule has 0 fully saturated rings. The normalized spacial score (nSPS) is 12.1. The van der Waals surface area contributed by atoms with Crippen LogP contribution < -0.4 is 16.4 Å². The van der Waals surface area contributed by atoms with Crippen molar-refractivity contribution in [2.24, 2.45) is 5.73 Å².